The van der Waals surface area contributed by atoms with Crippen molar-refractivity contribution in [2.75, 3.05) is 43.5 Å². The maximum atomic E-state index is 13.1. The number of rotatable bonds is 4. The molecule has 4 rings (SSSR count). The summed E-state index contributed by atoms with van der Waals surface area (Å²) in [6.45, 7) is 2.33. The Hall–Kier alpha value is -3.39. The number of nitrogens with zero attached hydrogens (tertiary/aromatic N) is 4. The number of methoxy groups -OCH3 is 1. The molecule has 160 valence electrons. The Balaban J connectivity index is 1.35. The summed E-state index contributed by atoms with van der Waals surface area (Å²) in [6, 6.07) is 14.8. The Kier molecular flexibility index (Phi) is 6.18. The van der Waals surface area contributed by atoms with Crippen LogP contribution in [0.4, 0.5) is 20.7 Å². The van der Waals surface area contributed by atoms with Gasteiger partial charge in [0, 0.05) is 36.8 Å². The number of anilines is 2. The van der Waals surface area contributed by atoms with Crippen LogP contribution in [0, 0.1) is 5.82 Å². The van der Waals surface area contributed by atoms with Crippen molar-refractivity contribution in [3.8, 4) is 17.0 Å². The molecule has 0 radical (unpaired) electrons. The standard InChI is InChI=1S/C22H21ClFN5O2/c1-31-20-8-4-16(23)14-19(20)25-22(30)29-12-10-28(11-13-29)21-9-7-18(26-27-21)15-2-5-17(24)6-3-15/h2-9,14H,10-13H2,1H3,(H,25,30). The summed E-state index contributed by atoms with van der Waals surface area (Å²) in [4.78, 5) is 16.5. The van der Waals surface area contributed by atoms with Gasteiger partial charge in [0.1, 0.15) is 11.6 Å². The molecule has 1 N–H and O–H groups in total. The first-order valence-corrected chi connectivity index (χ1v) is 10.2. The van der Waals surface area contributed by atoms with Crippen LogP contribution in [0.3, 0.4) is 0 Å². The highest BCUT2D eigenvalue weighted by Crippen LogP contribution is 2.28. The van der Waals surface area contributed by atoms with Gasteiger partial charge in [0.05, 0.1) is 18.5 Å². The van der Waals surface area contributed by atoms with Crippen molar-refractivity contribution < 1.29 is 13.9 Å². The highest BCUT2D eigenvalue weighted by Gasteiger charge is 2.23. The van der Waals surface area contributed by atoms with Crippen LogP contribution in [0.1, 0.15) is 0 Å². The average Bonchev–Trinajstić information content (AvgIpc) is 2.80. The molecular formula is C22H21ClFN5O2. The van der Waals surface area contributed by atoms with E-state index in [9.17, 15) is 9.18 Å². The van der Waals surface area contributed by atoms with Gasteiger partial charge in [-0.15, -0.1) is 10.2 Å². The van der Waals surface area contributed by atoms with Gasteiger partial charge in [0.25, 0.3) is 0 Å². The van der Waals surface area contributed by atoms with E-state index in [1.54, 1.807) is 42.3 Å². The molecule has 1 aliphatic rings. The lowest BCUT2D eigenvalue weighted by molar-refractivity contribution is 0.208. The number of carbonyl (C=O) groups excluding carboxylic acids is 1. The molecule has 9 heteroatoms. The van der Waals surface area contributed by atoms with Gasteiger partial charge in [-0.05, 0) is 54.6 Å². The van der Waals surface area contributed by atoms with E-state index in [2.05, 4.69) is 20.4 Å². The van der Waals surface area contributed by atoms with E-state index in [4.69, 9.17) is 16.3 Å². The molecule has 0 unspecified atom stereocenters. The van der Waals surface area contributed by atoms with E-state index in [1.807, 2.05) is 12.1 Å². The number of ether oxygens (including phenoxy) is 1. The van der Waals surface area contributed by atoms with E-state index in [1.165, 1.54) is 12.1 Å². The van der Waals surface area contributed by atoms with Crippen molar-refractivity contribution in [2.24, 2.45) is 0 Å². The second kappa shape index (κ2) is 9.18. The molecule has 1 fully saturated rings. The molecule has 0 bridgehead atoms. The molecule has 0 aliphatic carbocycles. The maximum Gasteiger partial charge on any atom is 0.322 e. The molecule has 3 aromatic rings. The van der Waals surface area contributed by atoms with Crippen molar-refractivity contribution in [2.45, 2.75) is 0 Å². The normalized spacial score (nSPS) is 13.8. The zero-order valence-corrected chi connectivity index (χ0v) is 17.6. The van der Waals surface area contributed by atoms with Crippen LogP contribution in [-0.2, 0) is 0 Å². The van der Waals surface area contributed by atoms with Crippen LogP contribution in [0.15, 0.2) is 54.6 Å². The molecule has 1 saturated heterocycles. The minimum Gasteiger partial charge on any atom is -0.495 e. The molecule has 0 atom stereocenters. The fourth-order valence-corrected chi connectivity index (χ4v) is 3.55. The summed E-state index contributed by atoms with van der Waals surface area (Å²) in [6.07, 6.45) is 0. The number of hydrogen-bond acceptors (Lipinski definition) is 5. The summed E-state index contributed by atoms with van der Waals surface area (Å²) < 4.78 is 18.4. The topological polar surface area (TPSA) is 70.6 Å². The minimum absolute atomic E-state index is 0.210. The Morgan fingerprint density at radius 3 is 2.42 bits per heavy atom. The first-order chi connectivity index (χ1) is 15.0. The predicted octanol–water partition coefficient (Wildman–Crippen LogP) is 4.30. The molecule has 2 aromatic carbocycles. The van der Waals surface area contributed by atoms with Crippen LogP contribution in [0.25, 0.3) is 11.3 Å². The highest BCUT2D eigenvalue weighted by molar-refractivity contribution is 6.31. The molecule has 0 saturated carbocycles. The first-order valence-electron chi connectivity index (χ1n) is 9.77. The van der Waals surface area contributed by atoms with Gasteiger partial charge in [-0.2, -0.15) is 0 Å². The number of hydrogen-bond donors (Lipinski definition) is 1. The second-order valence-electron chi connectivity index (χ2n) is 7.03. The number of piperazine rings is 1. The van der Waals surface area contributed by atoms with Gasteiger partial charge >= 0.3 is 6.03 Å². The number of amides is 2. The number of nitrogens with one attached hydrogen (secondary N) is 1. The smallest absolute Gasteiger partial charge is 0.322 e. The van der Waals surface area contributed by atoms with Crippen LogP contribution >= 0.6 is 11.6 Å². The minimum atomic E-state index is -0.288. The fourth-order valence-electron chi connectivity index (χ4n) is 3.38. The number of urea groups is 1. The summed E-state index contributed by atoms with van der Waals surface area (Å²) in [5.41, 5.74) is 2.01. The zero-order chi connectivity index (χ0) is 21.8. The number of carbonyl (C=O) groups is 1. The molecule has 0 spiro atoms. The summed E-state index contributed by atoms with van der Waals surface area (Å²) >= 11 is 6.03. The van der Waals surface area contributed by atoms with Crippen molar-refractivity contribution in [1.29, 1.82) is 0 Å². The molecule has 7 nitrogen and oxygen atoms in total. The lowest BCUT2D eigenvalue weighted by Gasteiger charge is -2.35. The number of aromatic nitrogens is 2. The van der Waals surface area contributed by atoms with E-state index in [0.29, 0.717) is 48.3 Å². The molecule has 1 aromatic heterocycles. The SMILES string of the molecule is COc1ccc(Cl)cc1NC(=O)N1CCN(c2ccc(-c3ccc(F)cc3)nn2)CC1. The Morgan fingerprint density at radius 1 is 1.03 bits per heavy atom. The number of benzene rings is 2. The maximum absolute atomic E-state index is 13.1. The predicted molar refractivity (Wildman–Crippen MR) is 118 cm³/mol. The lowest BCUT2D eigenvalue weighted by Crippen LogP contribution is -2.50. The molecule has 31 heavy (non-hydrogen) atoms. The van der Waals surface area contributed by atoms with E-state index in [-0.39, 0.29) is 11.8 Å². The molecule has 2 heterocycles. The van der Waals surface area contributed by atoms with Crippen LogP contribution in [0.2, 0.25) is 5.02 Å². The Morgan fingerprint density at radius 2 is 1.77 bits per heavy atom. The molecular weight excluding hydrogens is 421 g/mol. The quantitative estimate of drug-likeness (QED) is 0.653. The lowest BCUT2D eigenvalue weighted by atomic mass is 10.1. The van der Waals surface area contributed by atoms with Crippen molar-refractivity contribution in [3.63, 3.8) is 0 Å². The third-order valence-corrected chi connectivity index (χ3v) is 5.32. The van der Waals surface area contributed by atoms with Gasteiger partial charge in [-0.3, -0.25) is 0 Å². The molecule has 2 amide bonds. The van der Waals surface area contributed by atoms with Crippen molar-refractivity contribution in [3.05, 3.63) is 65.4 Å². The first kappa shape index (κ1) is 20.9. The highest BCUT2D eigenvalue weighted by atomic mass is 35.5. The summed E-state index contributed by atoms with van der Waals surface area (Å²) in [5, 5.41) is 11.9. The fraction of sp³-hybridized carbons (Fsp3) is 0.227. The van der Waals surface area contributed by atoms with Crippen molar-refractivity contribution >= 4 is 29.1 Å². The van der Waals surface area contributed by atoms with E-state index in [0.717, 1.165) is 11.4 Å². The van der Waals surface area contributed by atoms with Gasteiger partial charge in [-0.1, -0.05) is 11.6 Å². The third-order valence-electron chi connectivity index (χ3n) is 5.08. The van der Waals surface area contributed by atoms with E-state index >= 15 is 0 Å². The summed E-state index contributed by atoms with van der Waals surface area (Å²) in [5.74, 6) is 0.999. The molecule has 1 aliphatic heterocycles. The van der Waals surface area contributed by atoms with Crippen LogP contribution < -0.4 is 15.0 Å². The Bertz CT molecular complexity index is 1050. The van der Waals surface area contributed by atoms with Crippen LogP contribution in [-0.4, -0.2) is 54.4 Å². The monoisotopic (exact) mass is 441 g/mol. The summed E-state index contributed by atoms with van der Waals surface area (Å²) in [7, 11) is 1.54. The van der Waals surface area contributed by atoms with Gasteiger partial charge in [-0.25, -0.2) is 9.18 Å². The van der Waals surface area contributed by atoms with Crippen molar-refractivity contribution in [1.82, 2.24) is 15.1 Å². The Labute approximate surface area is 184 Å². The second-order valence-corrected chi connectivity index (χ2v) is 7.47. The zero-order valence-electron chi connectivity index (χ0n) is 16.9. The average molecular weight is 442 g/mol. The third kappa shape index (κ3) is 4.86. The van der Waals surface area contributed by atoms with Gasteiger partial charge < -0.3 is 19.9 Å². The number of halogens is 2. The van der Waals surface area contributed by atoms with Gasteiger partial charge in [0.15, 0.2) is 5.82 Å². The van der Waals surface area contributed by atoms with Gasteiger partial charge in [0.2, 0.25) is 0 Å². The largest absolute Gasteiger partial charge is 0.495 e. The van der Waals surface area contributed by atoms with Crippen LogP contribution in [0.5, 0.6) is 5.75 Å². The van der Waals surface area contributed by atoms with E-state index < -0.39 is 0 Å².